The van der Waals surface area contributed by atoms with Crippen molar-refractivity contribution in [3.8, 4) is 0 Å². The fourth-order valence-electron chi connectivity index (χ4n) is 1.48. The third kappa shape index (κ3) is 25.1. The Kier molecular flexibility index (Phi) is 15.3. The molecule has 0 aromatic heterocycles. The number of rotatable bonds is 9. The molecule has 0 aliphatic rings. The maximum absolute atomic E-state index is 8.60. The Morgan fingerprint density at radius 2 is 1.00 bits per heavy atom. The maximum atomic E-state index is 8.60. The van der Waals surface area contributed by atoms with Gasteiger partial charge in [0.05, 0.1) is 14.9 Å². The molecule has 0 aliphatic carbocycles. The number of hydrogen-bond donors (Lipinski definition) is 1. The molecule has 112 valence electrons. The summed E-state index contributed by atoms with van der Waals surface area (Å²) in [4.78, 5) is 2.64. The summed E-state index contributed by atoms with van der Waals surface area (Å²) in [5, 5.41) is 0. The Hall–Kier alpha value is 0.0900. The van der Waals surface area contributed by atoms with Crippen molar-refractivity contribution in [3.05, 3.63) is 0 Å². The van der Waals surface area contributed by atoms with Crippen LogP contribution in [-0.2, 0) is 0 Å². The summed E-state index contributed by atoms with van der Waals surface area (Å²) in [6, 6.07) is 0. The van der Waals surface area contributed by atoms with E-state index < -0.39 is 10.2 Å². The molecular formula is C12H28ClNO4. The molecule has 0 spiro atoms. The standard InChI is InChI=1S/C12H27N.ClHO4/c1-4-7-10-13(11-8-5-2)12-9-6-3;2-1(3,4)5/h4-12H2,1-3H3;(H,2,3,4,5). The molecule has 0 atom stereocenters. The minimum atomic E-state index is -4.69. The Morgan fingerprint density at radius 3 is 1.17 bits per heavy atom. The van der Waals surface area contributed by atoms with Gasteiger partial charge in [0, 0.05) is 0 Å². The Balaban J connectivity index is 0. The number of nitrogens with zero attached hydrogens (tertiary/aromatic N) is 1. The molecule has 0 fully saturated rings. The molecule has 0 amide bonds. The van der Waals surface area contributed by atoms with Crippen LogP contribution in [0.1, 0.15) is 59.3 Å². The number of unbranched alkanes of at least 4 members (excludes halogenated alkanes) is 3. The lowest BCUT2D eigenvalue weighted by atomic mass is 10.2. The van der Waals surface area contributed by atoms with E-state index in [0.717, 1.165) is 0 Å². The molecule has 5 nitrogen and oxygen atoms in total. The van der Waals surface area contributed by atoms with Gasteiger partial charge in [0.2, 0.25) is 0 Å². The molecule has 0 aliphatic heterocycles. The summed E-state index contributed by atoms with van der Waals surface area (Å²) in [5.74, 6) is 0. The summed E-state index contributed by atoms with van der Waals surface area (Å²) in [6.07, 6.45) is 8.09. The van der Waals surface area contributed by atoms with Crippen molar-refractivity contribution in [2.45, 2.75) is 59.3 Å². The zero-order valence-electron chi connectivity index (χ0n) is 11.9. The lowest BCUT2D eigenvalue weighted by Gasteiger charge is -2.21. The minimum absolute atomic E-state index is 1.32. The van der Waals surface area contributed by atoms with Gasteiger partial charge in [-0.05, 0) is 38.9 Å². The first kappa shape index (κ1) is 20.4. The molecule has 0 aromatic rings. The molecule has 6 heteroatoms. The highest BCUT2D eigenvalue weighted by atomic mass is 35.7. The summed E-state index contributed by atoms with van der Waals surface area (Å²) in [6.45, 7) is 10.8. The minimum Gasteiger partial charge on any atom is -0.303 e. The lowest BCUT2D eigenvalue weighted by Crippen LogP contribution is -2.58. The maximum Gasteiger partial charge on any atom is 0.0777 e. The van der Waals surface area contributed by atoms with Gasteiger partial charge in [-0.25, -0.2) is 0 Å². The molecule has 0 aromatic carbocycles. The normalized spacial score (nSPS) is 11.3. The molecule has 0 bridgehead atoms. The van der Waals surface area contributed by atoms with Gasteiger partial charge in [0.1, 0.15) is 0 Å². The Bertz CT molecular complexity index is 140. The summed E-state index contributed by atoms with van der Waals surface area (Å²) in [7, 11) is -4.69. The molecule has 0 unspecified atom stereocenters. The quantitative estimate of drug-likeness (QED) is 0.620. The van der Waals surface area contributed by atoms with Crippen LogP contribution in [0.4, 0.5) is 0 Å². The van der Waals surface area contributed by atoms with E-state index in [-0.39, 0.29) is 0 Å². The first-order chi connectivity index (χ1) is 8.35. The van der Waals surface area contributed by atoms with Gasteiger partial charge in [-0.15, -0.1) is 0 Å². The van der Waals surface area contributed by atoms with Crippen LogP contribution in [-0.4, -0.2) is 29.2 Å². The Morgan fingerprint density at radius 1 is 0.778 bits per heavy atom. The van der Waals surface area contributed by atoms with Crippen molar-refractivity contribution in [2.24, 2.45) is 0 Å². The zero-order valence-corrected chi connectivity index (χ0v) is 12.6. The fraction of sp³-hybridized carbons (Fsp3) is 1.00. The predicted octanol–water partition coefficient (Wildman–Crippen LogP) is -0.435. The number of halogens is 1. The van der Waals surface area contributed by atoms with E-state index in [9.17, 15) is 0 Å². The second-order valence-corrected chi connectivity index (χ2v) is 5.09. The van der Waals surface area contributed by atoms with E-state index in [1.165, 1.54) is 58.2 Å². The monoisotopic (exact) mass is 285 g/mol. The van der Waals surface area contributed by atoms with E-state index in [1.807, 2.05) is 0 Å². The predicted molar refractivity (Wildman–Crippen MR) is 63.4 cm³/mol. The van der Waals surface area contributed by atoms with Crippen LogP contribution >= 0.6 is 0 Å². The second-order valence-electron chi connectivity index (χ2n) is 4.30. The van der Waals surface area contributed by atoms with Crippen LogP contribution < -0.4 is 14.0 Å². The van der Waals surface area contributed by atoms with E-state index >= 15 is 0 Å². The summed E-state index contributed by atoms with van der Waals surface area (Å²) >= 11 is 0. The highest BCUT2D eigenvalue weighted by Crippen LogP contribution is 2.01. The molecule has 0 saturated carbocycles. The van der Waals surface area contributed by atoms with Gasteiger partial charge in [-0.3, -0.25) is 0 Å². The molecule has 0 heterocycles. The lowest BCUT2D eigenvalue weighted by molar-refractivity contribution is -1.92. The average molecular weight is 286 g/mol. The average Bonchev–Trinajstić information content (AvgIpc) is 2.26. The van der Waals surface area contributed by atoms with Gasteiger partial charge < -0.3 is 4.90 Å². The van der Waals surface area contributed by atoms with Crippen LogP contribution in [0.3, 0.4) is 0 Å². The highest BCUT2D eigenvalue weighted by molar-refractivity contribution is 4.57. The first-order valence-corrected chi connectivity index (χ1v) is 7.97. The van der Waals surface area contributed by atoms with Crippen molar-refractivity contribution in [3.63, 3.8) is 0 Å². The smallest absolute Gasteiger partial charge is 0.0777 e. The summed E-state index contributed by atoms with van der Waals surface area (Å²) < 4.78 is 32.7. The van der Waals surface area contributed by atoms with Crippen molar-refractivity contribution >= 4 is 0 Å². The van der Waals surface area contributed by atoms with Crippen molar-refractivity contribution < 1.29 is 28.9 Å². The fourth-order valence-corrected chi connectivity index (χ4v) is 1.48. The van der Waals surface area contributed by atoms with Crippen LogP contribution in [0.2, 0.25) is 0 Å². The van der Waals surface area contributed by atoms with Crippen molar-refractivity contribution in [2.75, 3.05) is 19.6 Å². The second kappa shape index (κ2) is 13.5. The summed E-state index contributed by atoms with van der Waals surface area (Å²) in [5.41, 5.74) is 0. The molecule has 0 saturated heterocycles. The van der Waals surface area contributed by atoms with Crippen molar-refractivity contribution in [1.82, 2.24) is 4.90 Å². The van der Waals surface area contributed by atoms with Gasteiger partial charge in [-0.2, -0.15) is 14.0 Å². The van der Waals surface area contributed by atoms with Crippen LogP contribution in [0.5, 0.6) is 0 Å². The van der Waals surface area contributed by atoms with Crippen LogP contribution in [0, 0.1) is 10.2 Å². The molecule has 0 rings (SSSR count). The molecule has 18 heavy (non-hydrogen) atoms. The van der Waals surface area contributed by atoms with Gasteiger partial charge >= 0.3 is 0 Å². The highest BCUT2D eigenvalue weighted by Gasteiger charge is 2.01. The molecular weight excluding hydrogens is 258 g/mol. The van der Waals surface area contributed by atoms with E-state index in [4.69, 9.17) is 18.6 Å². The van der Waals surface area contributed by atoms with Gasteiger partial charge in [-0.1, -0.05) is 40.0 Å². The van der Waals surface area contributed by atoms with E-state index in [1.54, 1.807) is 0 Å². The van der Waals surface area contributed by atoms with Crippen LogP contribution in [0.25, 0.3) is 0 Å². The molecule has 0 radical (unpaired) electrons. The zero-order chi connectivity index (χ0) is 14.4. The number of hydrogen-bond acceptors (Lipinski definition) is 5. The first-order valence-electron chi connectivity index (χ1n) is 6.70. The van der Waals surface area contributed by atoms with Crippen molar-refractivity contribution in [1.29, 1.82) is 0 Å². The van der Waals surface area contributed by atoms with Crippen LogP contribution in [0.15, 0.2) is 0 Å². The largest absolute Gasteiger partial charge is 0.303 e. The molecule has 1 N–H and O–H groups in total. The van der Waals surface area contributed by atoms with Gasteiger partial charge in [0.15, 0.2) is 0 Å². The van der Waals surface area contributed by atoms with E-state index in [2.05, 4.69) is 25.7 Å². The van der Waals surface area contributed by atoms with Gasteiger partial charge in [0.25, 0.3) is 0 Å². The third-order valence-electron chi connectivity index (χ3n) is 2.48. The van der Waals surface area contributed by atoms with E-state index in [0.29, 0.717) is 0 Å². The third-order valence-corrected chi connectivity index (χ3v) is 2.48. The SMILES string of the molecule is CCCCN(CCCC)CCCC.[O-][Cl+3]([O-])([O-])O. The Labute approximate surface area is 113 Å². The topological polar surface area (TPSA) is 92.7 Å².